The molecule has 2 aliphatic rings. The van der Waals surface area contributed by atoms with Crippen LogP contribution < -0.4 is 4.90 Å². The maximum Gasteiger partial charge on any atom is 0.143 e. The SMILES string of the molecule is CC1(C)c2ccccc2-c2ccc(N(c3ccccc3)c3cccc4oc5c6ccccc6c(-c6ccc(-c7cccc8c7C(C)(C)c7ccccc7-8)cc6)cc5c34)cc21. The lowest BCUT2D eigenvalue weighted by Gasteiger charge is -2.28. The van der Waals surface area contributed by atoms with Gasteiger partial charge >= 0.3 is 0 Å². The van der Waals surface area contributed by atoms with E-state index < -0.39 is 0 Å². The van der Waals surface area contributed by atoms with Crippen LogP contribution in [0.2, 0.25) is 0 Å². The Labute approximate surface area is 351 Å². The van der Waals surface area contributed by atoms with Gasteiger partial charge in [-0.1, -0.05) is 173 Å². The summed E-state index contributed by atoms with van der Waals surface area (Å²) < 4.78 is 6.91. The third-order valence-electron chi connectivity index (χ3n) is 13.6. The van der Waals surface area contributed by atoms with E-state index >= 15 is 0 Å². The van der Waals surface area contributed by atoms with Gasteiger partial charge in [0, 0.05) is 33.0 Å². The minimum absolute atomic E-state index is 0.0862. The molecule has 0 atom stereocenters. The highest BCUT2D eigenvalue weighted by Crippen LogP contribution is 2.54. The van der Waals surface area contributed by atoms with Crippen LogP contribution in [0.1, 0.15) is 49.9 Å². The zero-order chi connectivity index (χ0) is 40.3. The third-order valence-corrected chi connectivity index (χ3v) is 13.6. The van der Waals surface area contributed by atoms with E-state index in [1.165, 1.54) is 72.1 Å². The summed E-state index contributed by atoms with van der Waals surface area (Å²) in [6.07, 6.45) is 0. The Bertz CT molecular complexity index is 3370. The van der Waals surface area contributed by atoms with Crippen molar-refractivity contribution in [1.82, 2.24) is 0 Å². The summed E-state index contributed by atoms with van der Waals surface area (Å²) in [6, 6.07) is 69.1. The van der Waals surface area contributed by atoms with Gasteiger partial charge in [-0.05, 0) is 115 Å². The maximum atomic E-state index is 6.91. The second-order valence-corrected chi connectivity index (χ2v) is 17.6. The van der Waals surface area contributed by atoms with E-state index in [2.05, 4.69) is 221 Å². The van der Waals surface area contributed by atoms with Gasteiger partial charge in [0.15, 0.2) is 0 Å². The number of anilines is 3. The van der Waals surface area contributed by atoms with Gasteiger partial charge in [0.25, 0.3) is 0 Å². The molecule has 0 saturated heterocycles. The first-order valence-electron chi connectivity index (χ1n) is 21.1. The quantitative estimate of drug-likeness (QED) is 0.173. The fourth-order valence-corrected chi connectivity index (χ4v) is 10.8. The summed E-state index contributed by atoms with van der Waals surface area (Å²) in [5, 5.41) is 4.49. The highest BCUT2D eigenvalue weighted by Gasteiger charge is 2.38. The topological polar surface area (TPSA) is 16.4 Å². The van der Waals surface area contributed by atoms with Gasteiger partial charge in [0.2, 0.25) is 0 Å². The number of benzene rings is 9. The fraction of sp³-hybridized carbons (Fsp3) is 0.103. The van der Waals surface area contributed by atoms with Crippen LogP contribution in [0.15, 0.2) is 192 Å². The molecule has 12 rings (SSSR count). The van der Waals surface area contributed by atoms with Crippen LogP contribution in [0.4, 0.5) is 17.1 Å². The molecule has 1 aromatic heterocycles. The van der Waals surface area contributed by atoms with Crippen LogP contribution in [0.3, 0.4) is 0 Å². The van der Waals surface area contributed by atoms with Crippen molar-refractivity contribution in [2.24, 2.45) is 0 Å². The van der Waals surface area contributed by atoms with E-state index in [0.717, 1.165) is 44.4 Å². The molecule has 0 amide bonds. The van der Waals surface area contributed by atoms with Crippen molar-refractivity contribution in [3.05, 3.63) is 210 Å². The summed E-state index contributed by atoms with van der Waals surface area (Å²) in [7, 11) is 0. The minimum atomic E-state index is -0.121. The molecule has 9 aromatic carbocycles. The fourth-order valence-electron chi connectivity index (χ4n) is 10.8. The monoisotopic (exact) mass is 769 g/mol. The Morgan fingerprint density at radius 1 is 0.383 bits per heavy atom. The van der Waals surface area contributed by atoms with Crippen LogP contribution in [0.5, 0.6) is 0 Å². The number of fused-ring (bicyclic) bond motifs is 11. The largest absolute Gasteiger partial charge is 0.455 e. The number of hydrogen-bond acceptors (Lipinski definition) is 2. The maximum absolute atomic E-state index is 6.91. The zero-order valence-electron chi connectivity index (χ0n) is 34.3. The number of rotatable bonds is 5. The molecule has 0 aliphatic heterocycles. The zero-order valence-corrected chi connectivity index (χ0v) is 34.3. The number of nitrogens with zero attached hydrogens (tertiary/aromatic N) is 1. The van der Waals surface area contributed by atoms with E-state index in [1.54, 1.807) is 0 Å². The predicted octanol–water partition coefficient (Wildman–Crippen LogP) is 16.2. The standard InChI is InChI=1S/C58H43NO/c1-57(2)49-24-12-10-19-42(49)44-33-32-39(34-51(44)57)59(38-16-6-5-7-17-38)52-26-15-27-53-54(52)48-35-47(41-18-8-9-21-46(41)56(48)60-53)37-30-28-36(29-31-37)40-22-14-23-45-43-20-11-13-25-50(43)58(3,4)55(40)45/h5-35H,1-4H3. The highest BCUT2D eigenvalue weighted by molar-refractivity contribution is 6.22. The Balaban J connectivity index is 1.04. The van der Waals surface area contributed by atoms with Gasteiger partial charge in [-0.3, -0.25) is 0 Å². The lowest BCUT2D eigenvalue weighted by molar-refractivity contribution is 0.660. The molecule has 0 saturated carbocycles. The second kappa shape index (κ2) is 12.7. The Morgan fingerprint density at radius 2 is 0.967 bits per heavy atom. The van der Waals surface area contributed by atoms with Crippen molar-refractivity contribution in [2.45, 2.75) is 38.5 Å². The third kappa shape index (κ3) is 4.88. The molecule has 286 valence electrons. The van der Waals surface area contributed by atoms with E-state index in [4.69, 9.17) is 4.42 Å². The molecule has 0 unspecified atom stereocenters. The van der Waals surface area contributed by atoms with E-state index in [9.17, 15) is 0 Å². The first-order valence-corrected chi connectivity index (χ1v) is 21.1. The van der Waals surface area contributed by atoms with E-state index in [1.807, 2.05) is 0 Å². The molecule has 0 fully saturated rings. The van der Waals surface area contributed by atoms with E-state index in [-0.39, 0.29) is 10.8 Å². The molecular formula is C58H43NO. The Morgan fingerprint density at radius 3 is 1.73 bits per heavy atom. The molecule has 2 heteroatoms. The normalized spacial score (nSPS) is 14.3. The molecule has 60 heavy (non-hydrogen) atoms. The predicted molar refractivity (Wildman–Crippen MR) is 252 cm³/mol. The highest BCUT2D eigenvalue weighted by atomic mass is 16.3. The van der Waals surface area contributed by atoms with Gasteiger partial charge < -0.3 is 9.32 Å². The van der Waals surface area contributed by atoms with E-state index in [0.29, 0.717) is 0 Å². The van der Waals surface area contributed by atoms with Crippen molar-refractivity contribution in [3.8, 4) is 44.5 Å². The average molecular weight is 770 g/mol. The van der Waals surface area contributed by atoms with Gasteiger partial charge in [0.05, 0.1) is 11.1 Å². The van der Waals surface area contributed by atoms with Gasteiger partial charge in [0.1, 0.15) is 11.2 Å². The summed E-state index contributed by atoms with van der Waals surface area (Å²) in [4.78, 5) is 2.42. The summed E-state index contributed by atoms with van der Waals surface area (Å²) in [6.45, 7) is 9.43. The molecule has 0 spiro atoms. The molecule has 10 aromatic rings. The number of para-hydroxylation sites is 1. The smallest absolute Gasteiger partial charge is 0.143 e. The molecule has 0 bridgehead atoms. The summed E-state index contributed by atoms with van der Waals surface area (Å²) >= 11 is 0. The lowest BCUT2D eigenvalue weighted by atomic mass is 9.79. The first kappa shape index (κ1) is 34.8. The van der Waals surface area contributed by atoms with Crippen LogP contribution in [-0.4, -0.2) is 0 Å². The van der Waals surface area contributed by atoms with Crippen LogP contribution in [0.25, 0.3) is 77.2 Å². The average Bonchev–Trinajstić information content (AvgIpc) is 3.87. The van der Waals surface area contributed by atoms with Crippen molar-refractivity contribution < 1.29 is 4.42 Å². The van der Waals surface area contributed by atoms with Gasteiger partial charge in [-0.15, -0.1) is 0 Å². The van der Waals surface area contributed by atoms with Crippen LogP contribution >= 0.6 is 0 Å². The van der Waals surface area contributed by atoms with Crippen LogP contribution in [-0.2, 0) is 10.8 Å². The van der Waals surface area contributed by atoms with Crippen molar-refractivity contribution >= 4 is 49.8 Å². The van der Waals surface area contributed by atoms with Gasteiger partial charge in [-0.25, -0.2) is 0 Å². The second-order valence-electron chi connectivity index (χ2n) is 17.6. The Hall–Kier alpha value is -7.16. The molecule has 0 radical (unpaired) electrons. The first-order chi connectivity index (χ1) is 29.3. The lowest BCUT2D eigenvalue weighted by Crippen LogP contribution is -2.16. The van der Waals surface area contributed by atoms with Crippen LogP contribution in [0, 0.1) is 0 Å². The van der Waals surface area contributed by atoms with Crippen molar-refractivity contribution in [1.29, 1.82) is 0 Å². The molecule has 2 nitrogen and oxygen atoms in total. The van der Waals surface area contributed by atoms with Gasteiger partial charge in [-0.2, -0.15) is 0 Å². The summed E-state index contributed by atoms with van der Waals surface area (Å²) in [5.41, 5.74) is 20.6. The number of hydrogen-bond donors (Lipinski definition) is 0. The summed E-state index contributed by atoms with van der Waals surface area (Å²) in [5.74, 6) is 0. The molecule has 1 heterocycles. The minimum Gasteiger partial charge on any atom is -0.455 e. The molecule has 0 N–H and O–H groups in total. The van der Waals surface area contributed by atoms with Crippen molar-refractivity contribution in [2.75, 3.05) is 4.90 Å². The number of furan rings is 1. The van der Waals surface area contributed by atoms with Crippen molar-refractivity contribution in [3.63, 3.8) is 0 Å². The molecular weight excluding hydrogens is 727 g/mol. The Kier molecular flexibility index (Phi) is 7.36. The molecule has 2 aliphatic carbocycles.